The van der Waals surface area contributed by atoms with Crippen LogP contribution < -0.4 is 15.0 Å². The average molecular weight is 362 g/mol. The molecule has 1 saturated heterocycles. The number of nitrogens with one attached hydrogen (secondary N) is 1. The zero-order valence-electron chi connectivity index (χ0n) is 15.3. The molecule has 6 nitrogen and oxygen atoms in total. The maximum absolute atomic E-state index is 12.8. The van der Waals surface area contributed by atoms with E-state index in [1.807, 2.05) is 12.1 Å². The van der Waals surface area contributed by atoms with Crippen LogP contribution in [0.5, 0.6) is 5.88 Å². The predicted molar refractivity (Wildman–Crippen MR) is 107 cm³/mol. The van der Waals surface area contributed by atoms with Crippen molar-refractivity contribution in [3.8, 4) is 5.88 Å². The Labute approximate surface area is 158 Å². The highest BCUT2D eigenvalue weighted by Gasteiger charge is 2.18. The molecule has 3 aromatic rings. The van der Waals surface area contributed by atoms with Gasteiger partial charge in [-0.15, -0.1) is 0 Å². The minimum absolute atomic E-state index is 0.254. The Morgan fingerprint density at radius 1 is 1.07 bits per heavy atom. The smallest absolute Gasteiger partial charge is 0.261 e. The Morgan fingerprint density at radius 2 is 1.93 bits per heavy atom. The number of methoxy groups -OCH3 is 1. The Hall–Kier alpha value is -3.15. The summed E-state index contributed by atoms with van der Waals surface area (Å²) in [6, 6.07) is 9.47. The van der Waals surface area contributed by atoms with Gasteiger partial charge in [0.2, 0.25) is 5.88 Å². The molecule has 4 rings (SSSR count). The van der Waals surface area contributed by atoms with E-state index in [9.17, 15) is 4.79 Å². The van der Waals surface area contributed by atoms with Crippen LogP contribution in [-0.4, -0.2) is 36.1 Å². The molecule has 1 aliphatic heterocycles. The van der Waals surface area contributed by atoms with Crippen molar-refractivity contribution in [2.24, 2.45) is 0 Å². The van der Waals surface area contributed by atoms with Crippen LogP contribution in [0, 0.1) is 0 Å². The molecule has 0 spiro atoms. The van der Waals surface area contributed by atoms with Crippen LogP contribution in [-0.2, 0) is 0 Å². The number of amides is 1. The second-order valence-corrected chi connectivity index (χ2v) is 6.62. The third-order valence-electron chi connectivity index (χ3n) is 4.95. The molecule has 138 valence electrons. The lowest BCUT2D eigenvalue weighted by Gasteiger charge is -2.30. The van der Waals surface area contributed by atoms with E-state index < -0.39 is 0 Å². The third kappa shape index (κ3) is 3.43. The fourth-order valence-corrected chi connectivity index (χ4v) is 3.61. The SMILES string of the molecule is COc1ncccc1C(=O)Nc1ccc(N2CCCCC2)c2ccncc12. The molecule has 1 aliphatic rings. The summed E-state index contributed by atoms with van der Waals surface area (Å²) in [5.41, 5.74) is 2.33. The largest absolute Gasteiger partial charge is 0.480 e. The van der Waals surface area contributed by atoms with Gasteiger partial charge in [-0.25, -0.2) is 4.98 Å². The maximum Gasteiger partial charge on any atom is 0.261 e. The quantitative estimate of drug-likeness (QED) is 0.763. The Balaban J connectivity index is 1.69. The number of rotatable bonds is 4. The molecule has 0 radical (unpaired) electrons. The Morgan fingerprint density at radius 3 is 2.74 bits per heavy atom. The lowest BCUT2D eigenvalue weighted by Crippen LogP contribution is -2.29. The molecule has 1 aromatic carbocycles. The van der Waals surface area contributed by atoms with Crippen molar-refractivity contribution >= 4 is 28.1 Å². The van der Waals surface area contributed by atoms with Gasteiger partial charge < -0.3 is 15.0 Å². The molecule has 0 saturated carbocycles. The van der Waals surface area contributed by atoms with E-state index in [0.717, 1.165) is 29.5 Å². The van der Waals surface area contributed by atoms with Gasteiger partial charge in [-0.3, -0.25) is 9.78 Å². The van der Waals surface area contributed by atoms with Crippen LogP contribution in [0.1, 0.15) is 29.6 Å². The van der Waals surface area contributed by atoms with Gasteiger partial charge in [0.25, 0.3) is 5.91 Å². The first kappa shape index (κ1) is 17.3. The van der Waals surface area contributed by atoms with Gasteiger partial charge in [0.15, 0.2) is 0 Å². The number of hydrogen-bond donors (Lipinski definition) is 1. The first-order valence-electron chi connectivity index (χ1n) is 9.20. The van der Waals surface area contributed by atoms with Gasteiger partial charge in [0.05, 0.1) is 12.8 Å². The molecule has 1 N–H and O–H groups in total. The fraction of sp³-hybridized carbons (Fsp3) is 0.286. The molecule has 0 unspecified atom stereocenters. The van der Waals surface area contributed by atoms with Crippen LogP contribution in [0.25, 0.3) is 10.8 Å². The van der Waals surface area contributed by atoms with Crippen molar-refractivity contribution in [3.63, 3.8) is 0 Å². The summed E-state index contributed by atoms with van der Waals surface area (Å²) in [7, 11) is 1.51. The van der Waals surface area contributed by atoms with Gasteiger partial charge in [-0.05, 0) is 49.6 Å². The standard InChI is InChI=1S/C21H22N4O2/c1-27-21-16(6-5-10-23-21)20(26)24-18-7-8-19(25-12-3-2-4-13-25)15-9-11-22-14-17(15)18/h5-11,14H,2-4,12-13H2,1H3,(H,24,26). The molecule has 1 amide bonds. The van der Waals surface area contributed by atoms with E-state index in [1.54, 1.807) is 30.7 Å². The summed E-state index contributed by atoms with van der Waals surface area (Å²) >= 11 is 0. The number of carbonyl (C=O) groups is 1. The summed E-state index contributed by atoms with van der Waals surface area (Å²) in [5.74, 6) is 0.0539. The van der Waals surface area contributed by atoms with E-state index in [2.05, 4.69) is 26.3 Å². The number of pyridine rings is 2. The van der Waals surface area contributed by atoms with Crippen molar-refractivity contribution < 1.29 is 9.53 Å². The van der Waals surface area contributed by atoms with Crippen LogP contribution in [0.2, 0.25) is 0 Å². The van der Waals surface area contributed by atoms with Gasteiger partial charge in [-0.1, -0.05) is 0 Å². The number of anilines is 2. The summed E-state index contributed by atoms with van der Waals surface area (Å²) in [6.45, 7) is 2.13. The van der Waals surface area contributed by atoms with Gasteiger partial charge in [0, 0.05) is 48.1 Å². The fourth-order valence-electron chi connectivity index (χ4n) is 3.61. The van der Waals surface area contributed by atoms with Gasteiger partial charge >= 0.3 is 0 Å². The number of ether oxygens (including phenoxy) is 1. The number of nitrogens with zero attached hydrogens (tertiary/aromatic N) is 3. The summed E-state index contributed by atoms with van der Waals surface area (Å²) < 4.78 is 5.20. The number of benzene rings is 1. The minimum Gasteiger partial charge on any atom is -0.480 e. The summed E-state index contributed by atoms with van der Waals surface area (Å²) in [6.07, 6.45) is 8.92. The molecule has 2 aromatic heterocycles. The summed E-state index contributed by atoms with van der Waals surface area (Å²) in [5, 5.41) is 5.02. The highest BCUT2D eigenvalue weighted by Crippen LogP contribution is 2.33. The Kier molecular flexibility index (Phi) is 4.87. The van der Waals surface area contributed by atoms with E-state index in [-0.39, 0.29) is 5.91 Å². The highest BCUT2D eigenvalue weighted by atomic mass is 16.5. The van der Waals surface area contributed by atoms with E-state index in [0.29, 0.717) is 11.4 Å². The monoisotopic (exact) mass is 362 g/mol. The number of fused-ring (bicyclic) bond motifs is 1. The molecule has 1 fully saturated rings. The first-order chi connectivity index (χ1) is 13.3. The first-order valence-corrected chi connectivity index (χ1v) is 9.20. The predicted octanol–water partition coefficient (Wildman–Crippen LogP) is 3.88. The lowest BCUT2D eigenvalue weighted by atomic mass is 10.0. The number of carbonyl (C=O) groups excluding carboxylic acids is 1. The second-order valence-electron chi connectivity index (χ2n) is 6.62. The topological polar surface area (TPSA) is 67.3 Å². The van der Waals surface area contributed by atoms with Crippen molar-refractivity contribution in [1.29, 1.82) is 0 Å². The van der Waals surface area contributed by atoms with E-state index in [4.69, 9.17) is 4.74 Å². The number of aromatic nitrogens is 2. The zero-order chi connectivity index (χ0) is 18.6. The molecule has 3 heterocycles. The summed E-state index contributed by atoms with van der Waals surface area (Å²) in [4.78, 5) is 23.5. The van der Waals surface area contributed by atoms with Crippen LogP contribution in [0.4, 0.5) is 11.4 Å². The van der Waals surface area contributed by atoms with Gasteiger partial charge in [-0.2, -0.15) is 0 Å². The number of hydrogen-bond acceptors (Lipinski definition) is 5. The second kappa shape index (κ2) is 7.61. The normalized spacial score (nSPS) is 14.2. The Bertz CT molecular complexity index is 967. The molecular formula is C21H22N4O2. The lowest BCUT2D eigenvalue weighted by molar-refractivity contribution is 0.102. The van der Waals surface area contributed by atoms with Crippen molar-refractivity contribution in [1.82, 2.24) is 9.97 Å². The van der Waals surface area contributed by atoms with Crippen molar-refractivity contribution in [3.05, 3.63) is 54.5 Å². The zero-order valence-corrected chi connectivity index (χ0v) is 15.3. The molecular weight excluding hydrogens is 340 g/mol. The van der Waals surface area contributed by atoms with Crippen LogP contribution >= 0.6 is 0 Å². The van der Waals surface area contributed by atoms with Gasteiger partial charge in [0.1, 0.15) is 5.56 Å². The average Bonchev–Trinajstić information content (AvgIpc) is 2.74. The van der Waals surface area contributed by atoms with Crippen molar-refractivity contribution in [2.45, 2.75) is 19.3 Å². The van der Waals surface area contributed by atoms with E-state index in [1.165, 1.54) is 32.1 Å². The van der Waals surface area contributed by atoms with Crippen molar-refractivity contribution in [2.75, 3.05) is 30.4 Å². The van der Waals surface area contributed by atoms with Crippen LogP contribution in [0.15, 0.2) is 48.9 Å². The number of piperidine rings is 1. The maximum atomic E-state index is 12.8. The minimum atomic E-state index is -0.254. The third-order valence-corrected chi connectivity index (χ3v) is 4.95. The molecule has 0 aliphatic carbocycles. The highest BCUT2D eigenvalue weighted by molar-refractivity contribution is 6.11. The molecule has 27 heavy (non-hydrogen) atoms. The molecule has 0 atom stereocenters. The van der Waals surface area contributed by atoms with Crippen LogP contribution in [0.3, 0.4) is 0 Å². The molecule has 0 bridgehead atoms. The molecule has 6 heteroatoms. The van der Waals surface area contributed by atoms with E-state index >= 15 is 0 Å².